The predicted octanol–water partition coefficient (Wildman–Crippen LogP) is 5.22. The number of ether oxygens (including phenoxy) is 3. The smallest absolute Gasteiger partial charge is 0.294 e. The van der Waals surface area contributed by atoms with Gasteiger partial charge in [-0.3, -0.25) is 0 Å². The van der Waals surface area contributed by atoms with Crippen LogP contribution in [-0.4, -0.2) is 53.5 Å². The highest BCUT2D eigenvalue weighted by Gasteiger charge is 2.23. The van der Waals surface area contributed by atoms with Gasteiger partial charge in [0, 0.05) is 19.0 Å². The van der Waals surface area contributed by atoms with Crippen LogP contribution in [0.25, 0.3) is 27.4 Å². The molecule has 36 heavy (non-hydrogen) atoms. The first-order valence-corrected chi connectivity index (χ1v) is 12.7. The van der Waals surface area contributed by atoms with E-state index in [-0.39, 0.29) is 0 Å². The number of piperidine rings is 1. The van der Waals surface area contributed by atoms with Crippen LogP contribution in [0.1, 0.15) is 18.4 Å². The molecule has 1 fully saturated rings. The molecule has 0 saturated carbocycles. The van der Waals surface area contributed by atoms with Gasteiger partial charge in [0.25, 0.3) is 5.19 Å². The molecule has 9 nitrogen and oxygen atoms in total. The van der Waals surface area contributed by atoms with Gasteiger partial charge in [0.15, 0.2) is 5.76 Å². The summed E-state index contributed by atoms with van der Waals surface area (Å²) in [7, 11) is 3.26. The van der Waals surface area contributed by atoms with Crippen molar-refractivity contribution in [2.75, 3.05) is 38.8 Å². The Hall–Kier alpha value is -3.79. The van der Waals surface area contributed by atoms with E-state index in [4.69, 9.17) is 18.6 Å². The van der Waals surface area contributed by atoms with E-state index in [0.717, 1.165) is 70.4 Å². The second-order valence-electron chi connectivity index (χ2n) is 9.03. The molecule has 0 aliphatic carbocycles. The summed E-state index contributed by atoms with van der Waals surface area (Å²) < 4.78 is 24.7. The van der Waals surface area contributed by atoms with Crippen LogP contribution in [0.4, 0.5) is 5.82 Å². The molecule has 186 valence electrons. The Kier molecular flexibility index (Phi) is 5.88. The lowest BCUT2D eigenvalue weighted by atomic mass is 9.99. The minimum atomic E-state index is 0.408. The van der Waals surface area contributed by atoms with Crippen molar-refractivity contribution in [3.05, 3.63) is 48.3 Å². The Morgan fingerprint density at radius 1 is 1.17 bits per heavy atom. The summed E-state index contributed by atoms with van der Waals surface area (Å²) in [5.41, 5.74) is 2.60. The molecule has 6 rings (SSSR count). The van der Waals surface area contributed by atoms with Crippen LogP contribution in [0.2, 0.25) is 0 Å². The van der Waals surface area contributed by atoms with Gasteiger partial charge >= 0.3 is 0 Å². The average molecular weight is 506 g/mol. The normalized spacial score (nSPS) is 16.1. The maximum atomic E-state index is 6.40. The molecule has 4 aromatic heterocycles. The topological polar surface area (TPSA) is 87.2 Å². The van der Waals surface area contributed by atoms with Crippen LogP contribution in [0.3, 0.4) is 0 Å². The molecule has 5 heterocycles. The van der Waals surface area contributed by atoms with Gasteiger partial charge in [0.2, 0.25) is 4.96 Å². The van der Waals surface area contributed by atoms with Crippen molar-refractivity contribution in [1.29, 1.82) is 0 Å². The molecular weight excluding hydrogens is 478 g/mol. The first-order chi connectivity index (χ1) is 17.6. The fraction of sp³-hybridized carbons (Fsp3) is 0.346. The lowest BCUT2D eigenvalue weighted by molar-refractivity contribution is 0.230. The number of pyridine rings is 1. The molecule has 1 unspecified atom stereocenters. The number of anilines is 1. The van der Waals surface area contributed by atoms with Crippen molar-refractivity contribution < 1.29 is 18.6 Å². The van der Waals surface area contributed by atoms with Gasteiger partial charge in [0.1, 0.15) is 28.6 Å². The number of aromatic nitrogens is 4. The molecule has 1 aliphatic rings. The third-order valence-electron chi connectivity index (χ3n) is 6.47. The maximum Gasteiger partial charge on any atom is 0.294 e. The fourth-order valence-electron chi connectivity index (χ4n) is 4.66. The van der Waals surface area contributed by atoms with E-state index in [2.05, 4.69) is 33.0 Å². The van der Waals surface area contributed by atoms with E-state index < -0.39 is 0 Å². The first kappa shape index (κ1) is 22.7. The average Bonchev–Trinajstić information content (AvgIpc) is 3.60. The van der Waals surface area contributed by atoms with Gasteiger partial charge in [-0.1, -0.05) is 0 Å². The number of benzene rings is 1. The number of nitrogens with zero attached hydrogens (tertiary/aromatic N) is 5. The molecule has 0 bridgehead atoms. The molecule has 1 atom stereocenters. The number of furan rings is 1. The minimum Gasteiger partial charge on any atom is -0.495 e. The third-order valence-corrected chi connectivity index (χ3v) is 7.35. The Morgan fingerprint density at radius 2 is 2.08 bits per heavy atom. The van der Waals surface area contributed by atoms with Crippen LogP contribution in [0, 0.1) is 12.8 Å². The van der Waals surface area contributed by atoms with Crippen LogP contribution in [0.15, 0.2) is 47.1 Å². The Balaban J connectivity index is 1.20. The summed E-state index contributed by atoms with van der Waals surface area (Å²) in [6.07, 6.45) is 5.85. The van der Waals surface area contributed by atoms with Gasteiger partial charge in [-0.15, -0.1) is 5.10 Å². The zero-order valence-electron chi connectivity index (χ0n) is 20.4. The van der Waals surface area contributed by atoms with Gasteiger partial charge in [-0.05, 0) is 67.0 Å². The van der Waals surface area contributed by atoms with E-state index in [1.807, 2.05) is 30.5 Å². The van der Waals surface area contributed by atoms with Crippen molar-refractivity contribution in [3.63, 3.8) is 0 Å². The molecule has 0 N–H and O–H groups in total. The van der Waals surface area contributed by atoms with Crippen molar-refractivity contribution in [2.24, 2.45) is 5.92 Å². The highest BCUT2D eigenvalue weighted by molar-refractivity contribution is 7.18. The second kappa shape index (κ2) is 9.34. The van der Waals surface area contributed by atoms with Crippen LogP contribution >= 0.6 is 11.3 Å². The second-order valence-corrected chi connectivity index (χ2v) is 9.95. The van der Waals surface area contributed by atoms with Crippen LogP contribution in [-0.2, 0) is 0 Å². The van der Waals surface area contributed by atoms with E-state index in [1.54, 1.807) is 24.9 Å². The van der Waals surface area contributed by atoms with Gasteiger partial charge in [-0.25, -0.2) is 14.5 Å². The number of hydrogen-bond donors (Lipinski definition) is 0. The Labute approximate surface area is 212 Å². The number of rotatable bonds is 7. The number of aryl methyl sites for hydroxylation is 1. The van der Waals surface area contributed by atoms with E-state index in [0.29, 0.717) is 23.5 Å². The lowest BCUT2D eigenvalue weighted by Crippen LogP contribution is -2.38. The Morgan fingerprint density at radius 3 is 2.86 bits per heavy atom. The van der Waals surface area contributed by atoms with E-state index in [1.165, 1.54) is 11.3 Å². The zero-order chi connectivity index (χ0) is 24.6. The number of methoxy groups -OCH3 is 2. The van der Waals surface area contributed by atoms with Crippen molar-refractivity contribution in [2.45, 2.75) is 19.8 Å². The van der Waals surface area contributed by atoms with E-state index in [9.17, 15) is 0 Å². The fourth-order valence-corrected chi connectivity index (χ4v) is 5.36. The molecule has 1 aliphatic heterocycles. The largest absolute Gasteiger partial charge is 0.495 e. The van der Waals surface area contributed by atoms with Gasteiger partial charge < -0.3 is 23.5 Å². The maximum absolute atomic E-state index is 6.40. The quantitative estimate of drug-likeness (QED) is 0.298. The molecule has 5 aromatic rings. The van der Waals surface area contributed by atoms with Gasteiger partial charge in [0.05, 0.1) is 38.6 Å². The van der Waals surface area contributed by atoms with Crippen LogP contribution in [0.5, 0.6) is 16.7 Å². The lowest BCUT2D eigenvalue weighted by Gasteiger charge is -2.33. The highest BCUT2D eigenvalue weighted by atomic mass is 32.1. The third kappa shape index (κ3) is 4.32. The predicted molar refractivity (Wildman–Crippen MR) is 139 cm³/mol. The zero-order valence-corrected chi connectivity index (χ0v) is 21.2. The molecule has 0 amide bonds. The summed E-state index contributed by atoms with van der Waals surface area (Å²) in [5, 5.41) is 5.87. The molecule has 10 heteroatoms. The minimum absolute atomic E-state index is 0.408. The molecule has 0 radical (unpaired) electrons. The van der Waals surface area contributed by atoms with Gasteiger partial charge in [-0.2, -0.15) is 0 Å². The molecule has 0 spiro atoms. The molecular formula is C26H27N5O4S. The summed E-state index contributed by atoms with van der Waals surface area (Å²) in [5.74, 6) is 3.67. The number of imidazole rings is 1. The SMILES string of the molecule is COc1ccc(N2CCCC(COc3cc(C)cc4oc(-c5cn6nc(OC)sc6n5)cc34)C2)nc1. The highest BCUT2D eigenvalue weighted by Crippen LogP contribution is 2.36. The standard InChI is InChI=1S/C26H27N5O4S/c1-16-9-21(34-15-17-5-4-8-30(13-17)24-7-6-18(32-2)12-27-24)19-11-23(35-22(19)10-16)20-14-31-25(28-20)36-26(29-31)33-3/h6-7,9-12,14,17H,4-5,8,13,15H2,1-3H3. The number of hydrogen-bond acceptors (Lipinski definition) is 9. The van der Waals surface area contributed by atoms with E-state index >= 15 is 0 Å². The molecule has 1 saturated heterocycles. The van der Waals surface area contributed by atoms with Crippen molar-refractivity contribution in [3.8, 4) is 28.1 Å². The summed E-state index contributed by atoms with van der Waals surface area (Å²) in [6.45, 7) is 4.59. The number of fused-ring (bicyclic) bond motifs is 2. The van der Waals surface area contributed by atoms with Crippen molar-refractivity contribution >= 4 is 33.1 Å². The summed E-state index contributed by atoms with van der Waals surface area (Å²) in [4.78, 5) is 12.3. The Bertz CT molecular complexity index is 1470. The molecule has 1 aromatic carbocycles. The summed E-state index contributed by atoms with van der Waals surface area (Å²) in [6, 6.07) is 10.1. The van der Waals surface area contributed by atoms with Crippen molar-refractivity contribution in [1.82, 2.24) is 19.6 Å². The summed E-state index contributed by atoms with van der Waals surface area (Å²) >= 11 is 1.39. The van der Waals surface area contributed by atoms with Crippen LogP contribution < -0.4 is 19.1 Å². The first-order valence-electron chi connectivity index (χ1n) is 11.9. The monoisotopic (exact) mass is 505 g/mol.